The van der Waals surface area contributed by atoms with Gasteiger partial charge in [0.15, 0.2) is 5.82 Å². The summed E-state index contributed by atoms with van der Waals surface area (Å²) in [6.07, 6.45) is 10.0. The molecule has 0 fully saturated rings. The van der Waals surface area contributed by atoms with E-state index in [1.54, 1.807) is 17.1 Å². The van der Waals surface area contributed by atoms with Crippen molar-refractivity contribution >= 4 is 12.2 Å². The smallest absolute Gasteiger partial charge is 0.166 e. The predicted molar refractivity (Wildman–Crippen MR) is 61.0 cm³/mol. The highest BCUT2D eigenvalue weighted by molar-refractivity contribution is 5.39. The molecule has 5 nitrogen and oxygen atoms in total. The Hall–Kier alpha value is -2.30. The maximum absolute atomic E-state index is 4.20. The zero-order valence-electron chi connectivity index (χ0n) is 8.91. The van der Waals surface area contributed by atoms with Crippen LogP contribution < -0.4 is 10.6 Å². The molecule has 0 unspecified atom stereocenters. The Balaban J connectivity index is 2.79. The van der Waals surface area contributed by atoms with Gasteiger partial charge in [-0.25, -0.2) is 19.6 Å². The van der Waals surface area contributed by atoms with Crippen LogP contribution in [0.5, 0.6) is 0 Å². The third-order valence-corrected chi connectivity index (χ3v) is 2.09. The van der Waals surface area contributed by atoms with Crippen LogP contribution in [-0.4, -0.2) is 24.7 Å². The van der Waals surface area contributed by atoms with Gasteiger partial charge < -0.3 is 0 Å². The molecule has 2 aromatic rings. The van der Waals surface area contributed by atoms with E-state index in [-0.39, 0.29) is 0 Å². The molecule has 2 aromatic heterocycles. The number of aromatic nitrogens is 5. The summed E-state index contributed by atoms with van der Waals surface area (Å²) in [6.45, 7) is 5.59. The molecule has 0 radical (unpaired) electrons. The summed E-state index contributed by atoms with van der Waals surface area (Å²) in [5.74, 6) is 0.711. The molecular formula is C11H11N5. The van der Waals surface area contributed by atoms with E-state index in [0.717, 1.165) is 10.6 Å². The van der Waals surface area contributed by atoms with Crippen LogP contribution >= 0.6 is 0 Å². The van der Waals surface area contributed by atoms with Gasteiger partial charge in [0.25, 0.3) is 0 Å². The summed E-state index contributed by atoms with van der Waals surface area (Å²) in [6, 6.07) is 0. The average Bonchev–Trinajstić information content (AvgIpc) is 2.82. The minimum atomic E-state index is 0.711. The molecule has 2 rings (SSSR count). The van der Waals surface area contributed by atoms with Crippen molar-refractivity contribution in [3.05, 3.63) is 42.2 Å². The van der Waals surface area contributed by atoms with E-state index in [2.05, 4.69) is 26.6 Å². The van der Waals surface area contributed by atoms with Gasteiger partial charge in [0.1, 0.15) is 19.0 Å². The lowest BCUT2D eigenvalue weighted by Crippen LogP contribution is -2.33. The second-order valence-corrected chi connectivity index (χ2v) is 3.03. The average molecular weight is 213 g/mol. The summed E-state index contributed by atoms with van der Waals surface area (Å²) in [5.41, 5.74) is 0. The molecule has 0 aliphatic rings. The van der Waals surface area contributed by atoms with E-state index in [9.17, 15) is 0 Å². The minimum absolute atomic E-state index is 0.711. The number of allylic oxidation sites excluding steroid dienone is 1. The fourth-order valence-electron chi connectivity index (χ4n) is 1.42. The molecule has 5 heteroatoms. The second-order valence-electron chi connectivity index (χ2n) is 3.03. The minimum Gasteiger partial charge on any atom is -0.236 e. The standard InChI is InChI=1S/C11H11N5/c1-3-5-10-9(4-2)11(14-7-13-10)16-8-12-6-15-16/h3-8H,1H2,2H3/b9-4+,10-5+. The van der Waals surface area contributed by atoms with Crippen molar-refractivity contribution < 1.29 is 0 Å². The van der Waals surface area contributed by atoms with Crippen molar-refractivity contribution in [1.29, 1.82) is 0 Å². The Labute approximate surface area is 92.5 Å². The Morgan fingerprint density at radius 2 is 2.19 bits per heavy atom. The van der Waals surface area contributed by atoms with Crippen molar-refractivity contribution in [2.45, 2.75) is 6.92 Å². The van der Waals surface area contributed by atoms with E-state index in [4.69, 9.17) is 0 Å². The van der Waals surface area contributed by atoms with E-state index >= 15 is 0 Å². The van der Waals surface area contributed by atoms with Crippen molar-refractivity contribution in [3.8, 4) is 5.82 Å². The molecule has 16 heavy (non-hydrogen) atoms. The van der Waals surface area contributed by atoms with Gasteiger partial charge in [-0.2, -0.15) is 5.10 Å². The second kappa shape index (κ2) is 4.48. The molecule has 0 bridgehead atoms. The first-order valence-electron chi connectivity index (χ1n) is 4.82. The summed E-state index contributed by atoms with van der Waals surface area (Å²) >= 11 is 0. The molecule has 0 spiro atoms. The lowest BCUT2D eigenvalue weighted by Gasteiger charge is -1.99. The van der Waals surface area contributed by atoms with Gasteiger partial charge in [0.2, 0.25) is 0 Å². The number of hydrogen-bond donors (Lipinski definition) is 0. The molecule has 0 saturated heterocycles. The third-order valence-electron chi connectivity index (χ3n) is 2.09. The van der Waals surface area contributed by atoms with Crippen LogP contribution in [0.2, 0.25) is 0 Å². The molecule has 80 valence electrons. The van der Waals surface area contributed by atoms with Gasteiger partial charge >= 0.3 is 0 Å². The fraction of sp³-hybridized carbons (Fsp3) is 0.0909. The zero-order valence-corrected chi connectivity index (χ0v) is 8.91. The molecule has 2 heterocycles. The first-order valence-corrected chi connectivity index (χ1v) is 4.82. The van der Waals surface area contributed by atoms with Gasteiger partial charge in [-0.1, -0.05) is 18.7 Å². The van der Waals surface area contributed by atoms with Crippen molar-refractivity contribution in [2.24, 2.45) is 0 Å². The van der Waals surface area contributed by atoms with Crippen LogP contribution in [0.1, 0.15) is 6.92 Å². The van der Waals surface area contributed by atoms with Gasteiger partial charge in [0.05, 0.1) is 5.35 Å². The Morgan fingerprint density at radius 3 is 2.81 bits per heavy atom. The van der Waals surface area contributed by atoms with Crippen LogP contribution in [0, 0.1) is 0 Å². The molecule has 0 N–H and O–H groups in total. The maximum atomic E-state index is 4.20. The molecule has 0 aromatic carbocycles. The highest BCUT2D eigenvalue weighted by Crippen LogP contribution is 1.89. The Kier molecular flexibility index (Phi) is 2.86. The van der Waals surface area contributed by atoms with Crippen LogP contribution in [0.15, 0.2) is 31.6 Å². The quantitative estimate of drug-likeness (QED) is 0.694. The normalized spacial score (nSPS) is 13.1. The highest BCUT2D eigenvalue weighted by atomic mass is 15.3. The Bertz CT molecular complexity index is 598. The molecule has 0 aliphatic carbocycles. The van der Waals surface area contributed by atoms with Crippen molar-refractivity contribution in [2.75, 3.05) is 0 Å². The van der Waals surface area contributed by atoms with Crippen molar-refractivity contribution in [3.63, 3.8) is 0 Å². The molecule has 0 saturated carbocycles. The fourth-order valence-corrected chi connectivity index (χ4v) is 1.42. The first kappa shape index (κ1) is 10.2. The molecular weight excluding hydrogens is 202 g/mol. The lowest BCUT2D eigenvalue weighted by atomic mass is 10.3. The number of hydrogen-bond acceptors (Lipinski definition) is 4. The topological polar surface area (TPSA) is 56.5 Å². The summed E-state index contributed by atoms with van der Waals surface area (Å²) in [7, 11) is 0. The summed E-state index contributed by atoms with van der Waals surface area (Å²) in [5, 5.41) is 5.78. The number of rotatable bonds is 2. The van der Waals surface area contributed by atoms with Crippen LogP contribution in [0.3, 0.4) is 0 Å². The number of nitrogens with zero attached hydrogens (tertiary/aromatic N) is 5. The van der Waals surface area contributed by atoms with E-state index in [1.807, 2.05) is 19.1 Å². The monoisotopic (exact) mass is 213 g/mol. The van der Waals surface area contributed by atoms with E-state index < -0.39 is 0 Å². The van der Waals surface area contributed by atoms with E-state index in [0.29, 0.717) is 5.82 Å². The SMILES string of the molecule is C=C/C=c1/ncnc(-n2cncn2)/c1=C/C. The molecule has 0 amide bonds. The molecule has 0 atom stereocenters. The largest absolute Gasteiger partial charge is 0.236 e. The first-order chi connectivity index (χ1) is 7.86. The van der Waals surface area contributed by atoms with Gasteiger partial charge in [0, 0.05) is 5.22 Å². The van der Waals surface area contributed by atoms with Gasteiger partial charge in [-0.15, -0.1) is 0 Å². The van der Waals surface area contributed by atoms with Crippen molar-refractivity contribution in [1.82, 2.24) is 24.7 Å². The summed E-state index contributed by atoms with van der Waals surface area (Å²) in [4.78, 5) is 12.3. The lowest BCUT2D eigenvalue weighted by molar-refractivity contribution is 0.824. The third kappa shape index (κ3) is 1.75. The Morgan fingerprint density at radius 1 is 1.31 bits per heavy atom. The zero-order chi connectivity index (χ0) is 11.4. The van der Waals surface area contributed by atoms with Crippen LogP contribution in [0.25, 0.3) is 18.0 Å². The summed E-state index contributed by atoms with van der Waals surface area (Å²) < 4.78 is 1.61. The maximum Gasteiger partial charge on any atom is 0.166 e. The van der Waals surface area contributed by atoms with Crippen LogP contribution in [0.4, 0.5) is 0 Å². The molecule has 0 aliphatic heterocycles. The van der Waals surface area contributed by atoms with Crippen LogP contribution in [-0.2, 0) is 0 Å². The highest BCUT2D eigenvalue weighted by Gasteiger charge is 2.01. The van der Waals surface area contributed by atoms with Gasteiger partial charge in [-0.05, 0) is 13.0 Å². The van der Waals surface area contributed by atoms with Gasteiger partial charge in [-0.3, -0.25) is 0 Å². The predicted octanol–water partition coefficient (Wildman–Crippen LogP) is -0.176. The van der Waals surface area contributed by atoms with E-state index in [1.165, 1.54) is 12.7 Å².